The van der Waals surface area contributed by atoms with Gasteiger partial charge in [0.2, 0.25) is 0 Å². The first-order valence-corrected chi connectivity index (χ1v) is 6.37. The van der Waals surface area contributed by atoms with Crippen LogP contribution >= 0.6 is 27.3 Å². The van der Waals surface area contributed by atoms with Gasteiger partial charge in [0, 0.05) is 5.41 Å². The summed E-state index contributed by atoms with van der Waals surface area (Å²) in [6.07, 6.45) is 0. The minimum atomic E-state index is -0.0827. The zero-order valence-corrected chi connectivity index (χ0v) is 12.1. The van der Waals surface area contributed by atoms with Crippen molar-refractivity contribution in [3.8, 4) is 11.8 Å². The number of carbonyl (C=O) groups excluding carboxylic acids is 1. The van der Waals surface area contributed by atoms with E-state index in [-0.39, 0.29) is 11.4 Å². The number of esters is 1. The maximum atomic E-state index is 9.48. The molecular formula is C12H14BrO2S+. The van der Waals surface area contributed by atoms with Crippen LogP contribution in [-0.4, -0.2) is 17.9 Å². The van der Waals surface area contributed by atoms with Gasteiger partial charge < -0.3 is 9.53 Å². The van der Waals surface area contributed by atoms with Crippen LogP contribution in [0.15, 0.2) is 10.5 Å². The minimum absolute atomic E-state index is 0.0242. The molecule has 16 heavy (non-hydrogen) atoms. The molecule has 0 unspecified atom stereocenters. The van der Waals surface area contributed by atoms with Crippen LogP contribution in [0, 0.1) is 17.3 Å². The smallest absolute Gasteiger partial charge is 0.334 e. The second-order valence-electron chi connectivity index (χ2n) is 4.30. The maximum Gasteiger partial charge on any atom is 0.529 e. The highest BCUT2D eigenvalue weighted by atomic mass is 79.9. The fraction of sp³-hybridized carbons (Fsp3) is 0.417. The zero-order valence-electron chi connectivity index (χ0n) is 9.72. The Hall–Kier alpha value is -0.790. The molecule has 0 aliphatic heterocycles. The van der Waals surface area contributed by atoms with Crippen molar-refractivity contribution in [1.82, 2.24) is 0 Å². The lowest BCUT2D eigenvalue weighted by atomic mass is 9.98. The predicted molar refractivity (Wildman–Crippen MR) is 71.4 cm³/mol. The summed E-state index contributed by atoms with van der Waals surface area (Å²) in [4.78, 5) is 11.0. The van der Waals surface area contributed by atoms with Crippen molar-refractivity contribution in [2.75, 3.05) is 7.11 Å². The van der Waals surface area contributed by atoms with Crippen molar-refractivity contribution < 1.29 is 9.53 Å². The average Bonchev–Trinajstić information content (AvgIpc) is 2.55. The van der Waals surface area contributed by atoms with Crippen molar-refractivity contribution in [2.24, 2.45) is 5.41 Å². The van der Waals surface area contributed by atoms with E-state index in [1.54, 1.807) is 0 Å². The van der Waals surface area contributed by atoms with Crippen LogP contribution in [0.4, 0.5) is 0 Å². The van der Waals surface area contributed by atoms with Gasteiger partial charge in [-0.15, -0.1) is 11.3 Å². The van der Waals surface area contributed by atoms with Crippen molar-refractivity contribution in [3.05, 3.63) is 20.3 Å². The predicted octanol–water partition coefficient (Wildman–Crippen LogP) is 3.41. The van der Waals surface area contributed by atoms with Gasteiger partial charge in [0.1, 0.15) is 0 Å². The normalized spacial score (nSPS) is 10.6. The van der Waals surface area contributed by atoms with E-state index in [4.69, 9.17) is 4.74 Å². The lowest BCUT2D eigenvalue weighted by molar-refractivity contribution is 0.358. The average molecular weight is 302 g/mol. The number of rotatable bonds is 1. The molecule has 1 N–H and O–H groups in total. The van der Waals surface area contributed by atoms with Gasteiger partial charge in [0.25, 0.3) is 0 Å². The van der Waals surface area contributed by atoms with Gasteiger partial charge in [-0.05, 0) is 42.8 Å². The maximum absolute atomic E-state index is 9.48. The van der Waals surface area contributed by atoms with Crippen molar-refractivity contribution in [1.29, 1.82) is 0 Å². The third kappa shape index (κ3) is 3.66. The fourth-order valence-corrected chi connectivity index (χ4v) is 2.54. The Morgan fingerprint density at radius 1 is 1.50 bits per heavy atom. The van der Waals surface area contributed by atoms with Crippen molar-refractivity contribution >= 4 is 33.2 Å². The van der Waals surface area contributed by atoms with Crippen LogP contribution < -0.4 is 0 Å². The van der Waals surface area contributed by atoms with E-state index in [9.17, 15) is 4.79 Å². The summed E-state index contributed by atoms with van der Waals surface area (Å²) >= 11 is 4.76. The fourth-order valence-electron chi connectivity index (χ4n) is 0.918. The molecule has 0 aliphatic rings. The standard InChI is InChI=1S/C12H13BrO2S/c1-12(2,3)6-5-8-7-9(13)10(16-8)11(14)15-4/h7H,1-4H3/p+1. The Morgan fingerprint density at radius 2 is 2.12 bits per heavy atom. The quantitative estimate of drug-likeness (QED) is 0.444. The summed E-state index contributed by atoms with van der Waals surface area (Å²) in [5.74, 6) is 6.14. The molecule has 0 saturated carbocycles. The molecule has 0 spiro atoms. The molecule has 1 rings (SSSR count). The SMILES string of the molecule is COC(=[OH+])c1sc(C#CC(C)(C)C)cc1Br. The van der Waals surface area contributed by atoms with Gasteiger partial charge in [-0.3, -0.25) is 0 Å². The highest BCUT2D eigenvalue weighted by Gasteiger charge is 2.21. The molecule has 1 heterocycles. The molecule has 0 aliphatic carbocycles. The third-order valence-corrected chi connectivity index (χ3v) is 3.56. The number of hydrogen-bond acceptors (Lipinski definition) is 2. The van der Waals surface area contributed by atoms with E-state index in [0.29, 0.717) is 4.88 Å². The van der Waals surface area contributed by atoms with Crippen molar-refractivity contribution in [3.63, 3.8) is 0 Å². The van der Waals surface area contributed by atoms with Crippen LogP contribution in [-0.2, 0) is 4.74 Å². The first kappa shape index (κ1) is 13.3. The largest absolute Gasteiger partial charge is 0.529 e. The summed E-state index contributed by atoms with van der Waals surface area (Å²) < 4.78 is 5.58. The number of methoxy groups -OCH3 is 1. The second-order valence-corrected chi connectivity index (χ2v) is 6.20. The van der Waals surface area contributed by atoms with Gasteiger partial charge >= 0.3 is 5.97 Å². The first-order chi connectivity index (χ1) is 7.33. The van der Waals surface area contributed by atoms with Crippen LogP contribution in [0.2, 0.25) is 0 Å². The van der Waals surface area contributed by atoms with Gasteiger partial charge in [-0.1, -0.05) is 11.8 Å². The molecule has 86 valence electrons. The third-order valence-electron chi connectivity index (χ3n) is 1.64. The molecular weight excluding hydrogens is 288 g/mol. The lowest BCUT2D eigenvalue weighted by Crippen LogP contribution is -2.00. The highest BCUT2D eigenvalue weighted by molar-refractivity contribution is 9.10. The monoisotopic (exact) mass is 301 g/mol. The molecule has 0 radical (unpaired) electrons. The van der Waals surface area contributed by atoms with Crippen LogP contribution in [0.1, 0.15) is 30.5 Å². The zero-order chi connectivity index (χ0) is 12.3. The Bertz CT molecular complexity index is 458. The van der Waals surface area contributed by atoms with E-state index in [0.717, 1.165) is 9.35 Å². The second kappa shape index (κ2) is 5.03. The molecule has 0 bridgehead atoms. The molecule has 2 nitrogen and oxygen atoms in total. The van der Waals surface area contributed by atoms with Gasteiger partial charge in [-0.25, -0.2) is 0 Å². The van der Waals surface area contributed by atoms with E-state index < -0.39 is 0 Å². The molecule has 0 aromatic carbocycles. The minimum Gasteiger partial charge on any atom is -0.334 e. The highest BCUT2D eigenvalue weighted by Crippen LogP contribution is 2.27. The number of halogens is 1. The summed E-state index contributed by atoms with van der Waals surface area (Å²) in [6.45, 7) is 6.17. The molecule has 4 heteroatoms. The molecule has 0 atom stereocenters. The number of ether oxygens (including phenoxy) is 1. The van der Waals surface area contributed by atoms with Gasteiger partial charge in [0.15, 0.2) is 12.0 Å². The van der Waals surface area contributed by atoms with E-state index in [1.807, 2.05) is 6.07 Å². The molecule has 0 amide bonds. The Balaban J connectivity index is 3.01. The Kier molecular flexibility index (Phi) is 4.17. The first-order valence-electron chi connectivity index (χ1n) is 4.76. The summed E-state index contributed by atoms with van der Waals surface area (Å²) in [5.41, 5.74) is -0.0242. The van der Waals surface area contributed by atoms with Crippen LogP contribution in [0.5, 0.6) is 0 Å². The van der Waals surface area contributed by atoms with Crippen LogP contribution in [0.3, 0.4) is 0 Å². The van der Waals surface area contributed by atoms with Gasteiger partial charge in [0.05, 0.1) is 9.35 Å². The molecule has 1 aromatic heterocycles. The number of hydrogen-bond donors (Lipinski definition) is 0. The topological polar surface area (TPSA) is 30.6 Å². The van der Waals surface area contributed by atoms with Gasteiger partial charge in [-0.2, -0.15) is 0 Å². The molecule has 0 fully saturated rings. The Labute approximate surface area is 108 Å². The summed E-state index contributed by atoms with van der Waals surface area (Å²) in [7, 11) is 1.43. The van der Waals surface area contributed by atoms with Crippen molar-refractivity contribution in [2.45, 2.75) is 20.8 Å². The van der Waals surface area contributed by atoms with E-state index >= 15 is 0 Å². The molecule has 0 saturated heterocycles. The lowest BCUT2D eigenvalue weighted by Gasteiger charge is -2.06. The molecule has 1 aromatic rings. The van der Waals surface area contributed by atoms with E-state index in [2.05, 4.69) is 48.5 Å². The summed E-state index contributed by atoms with van der Waals surface area (Å²) in [6, 6.07) is 1.88. The number of thiophene rings is 1. The Morgan fingerprint density at radius 3 is 2.62 bits per heavy atom. The van der Waals surface area contributed by atoms with Crippen LogP contribution in [0.25, 0.3) is 0 Å². The van der Waals surface area contributed by atoms with E-state index in [1.165, 1.54) is 18.4 Å². The summed E-state index contributed by atoms with van der Waals surface area (Å²) in [5, 5.41) is 0.